The Morgan fingerprint density at radius 2 is 2.24 bits per heavy atom. The van der Waals surface area contributed by atoms with E-state index in [0.29, 0.717) is 24.4 Å². The van der Waals surface area contributed by atoms with E-state index in [0.717, 1.165) is 24.5 Å². The van der Waals surface area contributed by atoms with E-state index >= 15 is 0 Å². The lowest BCUT2D eigenvalue weighted by Crippen LogP contribution is -2.41. The molecule has 2 N–H and O–H groups in total. The topological polar surface area (TPSA) is 126 Å². The highest BCUT2D eigenvalue weighted by Crippen LogP contribution is 2.28. The minimum absolute atomic E-state index is 0.168. The molecule has 4 rings (SSSR count). The molecule has 10 heteroatoms. The Bertz CT molecular complexity index is 1100. The van der Waals surface area contributed by atoms with Crippen LogP contribution in [0.4, 0.5) is 17.2 Å². The van der Waals surface area contributed by atoms with E-state index in [1.165, 1.54) is 18.5 Å². The summed E-state index contributed by atoms with van der Waals surface area (Å²) in [6.07, 6.45) is 3.19. The average molecular weight is 396 g/mol. The Morgan fingerprint density at radius 3 is 2.97 bits per heavy atom. The summed E-state index contributed by atoms with van der Waals surface area (Å²) in [6.45, 7) is 4.64. The van der Waals surface area contributed by atoms with Gasteiger partial charge in [-0.1, -0.05) is 6.07 Å². The van der Waals surface area contributed by atoms with E-state index in [2.05, 4.69) is 25.2 Å². The Balaban J connectivity index is 1.52. The zero-order chi connectivity index (χ0) is 20.4. The third-order valence-corrected chi connectivity index (χ3v) is 4.81. The average Bonchev–Trinajstić information content (AvgIpc) is 2.72. The molecule has 150 valence electrons. The molecule has 0 radical (unpaired) electrons. The zero-order valence-corrected chi connectivity index (χ0v) is 15.8. The molecule has 0 bridgehead atoms. The van der Waals surface area contributed by atoms with Crippen molar-refractivity contribution in [1.82, 2.24) is 15.0 Å². The maximum absolute atomic E-state index is 11.9. The van der Waals surface area contributed by atoms with Crippen LogP contribution in [0.2, 0.25) is 0 Å². The molecule has 0 amide bonds. The highest BCUT2D eigenvalue weighted by atomic mass is 16.6. The number of nitro benzene ring substituents is 1. The minimum atomic E-state index is -0.519. The Morgan fingerprint density at radius 1 is 1.38 bits per heavy atom. The van der Waals surface area contributed by atoms with Crippen molar-refractivity contribution >= 4 is 28.1 Å². The van der Waals surface area contributed by atoms with Crippen LogP contribution in [0.3, 0.4) is 0 Å². The van der Waals surface area contributed by atoms with Crippen LogP contribution < -0.4 is 15.8 Å². The third kappa shape index (κ3) is 4.02. The first-order valence-electron chi connectivity index (χ1n) is 9.22. The molecule has 29 heavy (non-hydrogen) atoms. The van der Waals surface area contributed by atoms with Gasteiger partial charge in [-0.05, 0) is 24.6 Å². The van der Waals surface area contributed by atoms with Crippen LogP contribution in [0.25, 0.3) is 10.9 Å². The quantitative estimate of drug-likeness (QED) is 0.496. The monoisotopic (exact) mass is 396 g/mol. The number of pyridine rings is 1. The fraction of sp³-hybridized carbons (Fsp3) is 0.316. The Hall–Kier alpha value is -3.53. The van der Waals surface area contributed by atoms with Crippen molar-refractivity contribution in [1.29, 1.82) is 0 Å². The number of nitrogens with zero attached hydrogens (tertiary/aromatic N) is 4. The van der Waals surface area contributed by atoms with Gasteiger partial charge in [0.05, 0.1) is 34.9 Å². The van der Waals surface area contributed by atoms with Gasteiger partial charge < -0.3 is 19.9 Å². The van der Waals surface area contributed by atoms with Gasteiger partial charge in [0, 0.05) is 31.9 Å². The number of benzene rings is 1. The van der Waals surface area contributed by atoms with Crippen molar-refractivity contribution in [2.45, 2.75) is 19.6 Å². The van der Waals surface area contributed by atoms with Crippen molar-refractivity contribution in [2.75, 3.05) is 29.9 Å². The van der Waals surface area contributed by atoms with E-state index in [9.17, 15) is 14.9 Å². The molecule has 3 heterocycles. The van der Waals surface area contributed by atoms with Crippen LogP contribution in [0, 0.1) is 10.1 Å². The summed E-state index contributed by atoms with van der Waals surface area (Å²) in [6, 6.07) is 6.63. The Labute approximate surface area is 165 Å². The van der Waals surface area contributed by atoms with Gasteiger partial charge in [0.1, 0.15) is 11.5 Å². The number of rotatable bonds is 5. The number of hydrogen-bond donors (Lipinski definition) is 2. The lowest BCUT2D eigenvalue weighted by Gasteiger charge is -2.32. The fourth-order valence-electron chi connectivity index (χ4n) is 3.33. The lowest BCUT2D eigenvalue weighted by molar-refractivity contribution is -0.383. The number of fused-ring (bicyclic) bond motifs is 1. The molecule has 1 aromatic carbocycles. The third-order valence-electron chi connectivity index (χ3n) is 4.81. The molecule has 1 unspecified atom stereocenters. The highest BCUT2D eigenvalue weighted by Gasteiger charge is 2.19. The lowest BCUT2D eigenvalue weighted by atomic mass is 10.2. The number of anilines is 2. The normalized spacial score (nSPS) is 16.7. The van der Waals surface area contributed by atoms with Crippen LogP contribution in [-0.4, -0.2) is 45.7 Å². The first kappa shape index (κ1) is 18.8. The predicted molar refractivity (Wildman–Crippen MR) is 108 cm³/mol. The smallest absolute Gasteiger partial charge is 0.293 e. The van der Waals surface area contributed by atoms with Gasteiger partial charge >= 0.3 is 0 Å². The molecule has 1 atom stereocenters. The number of ether oxygens (including phenoxy) is 1. The summed E-state index contributed by atoms with van der Waals surface area (Å²) in [5, 5.41) is 14.7. The molecule has 0 aliphatic carbocycles. The van der Waals surface area contributed by atoms with Crippen LogP contribution in [0.5, 0.6) is 0 Å². The van der Waals surface area contributed by atoms with Crippen LogP contribution in [0.15, 0.2) is 41.6 Å². The van der Waals surface area contributed by atoms with Gasteiger partial charge in [-0.3, -0.25) is 14.9 Å². The maximum Gasteiger partial charge on any atom is 0.293 e. The van der Waals surface area contributed by atoms with E-state index in [4.69, 9.17) is 4.74 Å². The van der Waals surface area contributed by atoms with Crippen LogP contribution >= 0.6 is 0 Å². The first-order chi connectivity index (χ1) is 14.0. The second kappa shape index (κ2) is 7.84. The zero-order valence-electron chi connectivity index (χ0n) is 15.8. The van der Waals surface area contributed by atoms with E-state index < -0.39 is 10.5 Å². The molecule has 1 fully saturated rings. The number of aromatic nitrogens is 3. The van der Waals surface area contributed by atoms with Crippen LogP contribution in [-0.2, 0) is 11.3 Å². The summed E-state index contributed by atoms with van der Waals surface area (Å²) in [7, 11) is 0. The number of hydrogen-bond acceptors (Lipinski definition) is 8. The molecule has 0 saturated carbocycles. The number of nitro groups is 1. The fourth-order valence-corrected chi connectivity index (χ4v) is 3.33. The van der Waals surface area contributed by atoms with Gasteiger partial charge in [-0.2, -0.15) is 0 Å². The summed E-state index contributed by atoms with van der Waals surface area (Å²) in [4.78, 5) is 36.0. The molecule has 3 aromatic rings. The van der Waals surface area contributed by atoms with Crippen molar-refractivity contribution in [3.8, 4) is 0 Å². The number of nitrogens with one attached hydrogen (secondary N) is 2. The summed E-state index contributed by atoms with van der Waals surface area (Å²) >= 11 is 0. The number of aromatic amines is 1. The highest BCUT2D eigenvalue weighted by molar-refractivity contribution is 5.86. The van der Waals surface area contributed by atoms with Crippen molar-refractivity contribution in [3.63, 3.8) is 0 Å². The summed E-state index contributed by atoms with van der Waals surface area (Å²) < 4.78 is 5.55. The first-order valence-corrected chi connectivity index (χ1v) is 9.22. The second-order valence-electron chi connectivity index (χ2n) is 6.88. The van der Waals surface area contributed by atoms with Gasteiger partial charge in [-0.25, -0.2) is 9.97 Å². The van der Waals surface area contributed by atoms with Gasteiger partial charge in [0.15, 0.2) is 0 Å². The SMILES string of the molecule is CC1CN(c2ccc(CNc3cc4nc[nH]c(=O)c4cc3[N+](=O)[O-])cn2)CCO1. The van der Waals surface area contributed by atoms with E-state index in [-0.39, 0.29) is 17.2 Å². The van der Waals surface area contributed by atoms with Crippen molar-refractivity contribution < 1.29 is 9.66 Å². The predicted octanol–water partition coefficient (Wildman–Crippen LogP) is 2.06. The standard InChI is InChI=1S/C19H20N6O4/c1-12-10-24(4-5-29-12)18-3-2-13(9-21-18)8-20-16-7-15-14(6-17(16)25(27)28)19(26)23-11-22-15/h2-3,6-7,9,11-12,20H,4-5,8,10H2,1H3,(H,22,23,26). The number of morpholine rings is 1. The van der Waals surface area contributed by atoms with Gasteiger partial charge in [-0.15, -0.1) is 0 Å². The molecule has 1 aliphatic heterocycles. The van der Waals surface area contributed by atoms with Gasteiger partial charge in [0.25, 0.3) is 11.2 Å². The number of H-pyrrole nitrogens is 1. The maximum atomic E-state index is 11.9. The van der Waals surface area contributed by atoms with Crippen molar-refractivity contribution in [3.05, 3.63) is 62.8 Å². The molecule has 10 nitrogen and oxygen atoms in total. The molecule has 1 saturated heterocycles. The van der Waals surface area contributed by atoms with Crippen LogP contribution in [0.1, 0.15) is 12.5 Å². The second-order valence-corrected chi connectivity index (χ2v) is 6.88. The minimum Gasteiger partial charge on any atom is -0.375 e. The molecule has 2 aromatic heterocycles. The van der Waals surface area contributed by atoms with Gasteiger partial charge in [0.2, 0.25) is 0 Å². The molecule has 1 aliphatic rings. The summed E-state index contributed by atoms with van der Waals surface area (Å²) in [5.74, 6) is 0.879. The van der Waals surface area contributed by atoms with Crippen molar-refractivity contribution in [2.24, 2.45) is 0 Å². The Kier molecular flexibility index (Phi) is 5.09. The van der Waals surface area contributed by atoms with E-state index in [1.807, 2.05) is 19.1 Å². The largest absolute Gasteiger partial charge is 0.375 e. The molecular weight excluding hydrogens is 376 g/mol. The molecular formula is C19H20N6O4. The summed E-state index contributed by atoms with van der Waals surface area (Å²) in [5.41, 5.74) is 0.969. The molecule has 0 spiro atoms. The van der Waals surface area contributed by atoms with E-state index in [1.54, 1.807) is 6.20 Å².